The van der Waals surface area contributed by atoms with Crippen LogP contribution in [0.2, 0.25) is 0 Å². The third-order valence-electron chi connectivity index (χ3n) is 4.04. The van der Waals surface area contributed by atoms with Crippen molar-refractivity contribution in [1.29, 1.82) is 0 Å². The average molecular weight is 294 g/mol. The van der Waals surface area contributed by atoms with Gasteiger partial charge in [0.2, 0.25) is 0 Å². The molecule has 0 amide bonds. The van der Waals surface area contributed by atoms with Gasteiger partial charge in [0.1, 0.15) is 23.0 Å². The molecular formula is C20H22O2. The normalized spacial score (nSPS) is 12.5. The van der Waals surface area contributed by atoms with Crippen molar-refractivity contribution in [3.05, 3.63) is 83.2 Å². The highest BCUT2D eigenvalue weighted by molar-refractivity contribution is 5.24. The van der Waals surface area contributed by atoms with E-state index in [0.29, 0.717) is 0 Å². The summed E-state index contributed by atoms with van der Waals surface area (Å²) in [6.45, 7) is 4.09. The maximum absolute atomic E-state index is 5.99. The van der Waals surface area contributed by atoms with E-state index in [1.807, 2.05) is 13.0 Å². The van der Waals surface area contributed by atoms with Gasteiger partial charge in [0.05, 0.1) is 5.92 Å². The fourth-order valence-corrected chi connectivity index (χ4v) is 2.79. The van der Waals surface area contributed by atoms with Crippen molar-refractivity contribution in [2.75, 3.05) is 0 Å². The number of furan rings is 2. The van der Waals surface area contributed by atoms with Gasteiger partial charge in [0.15, 0.2) is 0 Å². The molecule has 2 heteroatoms. The number of hydrogen-bond donors (Lipinski definition) is 0. The first kappa shape index (κ1) is 14.7. The molecule has 0 aliphatic rings. The number of hydrogen-bond acceptors (Lipinski definition) is 2. The molecule has 1 unspecified atom stereocenters. The fourth-order valence-electron chi connectivity index (χ4n) is 2.79. The lowest BCUT2D eigenvalue weighted by atomic mass is 9.95. The van der Waals surface area contributed by atoms with Crippen molar-refractivity contribution in [3.8, 4) is 0 Å². The summed E-state index contributed by atoms with van der Waals surface area (Å²) in [5.41, 5.74) is 1.35. The molecule has 3 rings (SSSR count). The van der Waals surface area contributed by atoms with Crippen LogP contribution in [0.1, 0.15) is 47.9 Å². The Labute approximate surface area is 131 Å². The second-order valence-electron chi connectivity index (χ2n) is 5.68. The standard InChI is InChI=1S/C20H22O2/c1-3-17-11-14-20(22-17)18(19-13-9-15(2)21-19)12-10-16-7-5-4-6-8-16/h4-9,11,13-14,18H,3,10,12H2,1-2H3. The van der Waals surface area contributed by atoms with E-state index in [4.69, 9.17) is 8.83 Å². The SMILES string of the molecule is CCc1ccc(C(CCc2ccccc2)c2ccc(C)o2)o1. The van der Waals surface area contributed by atoms with Crippen LogP contribution in [0.4, 0.5) is 0 Å². The van der Waals surface area contributed by atoms with Crippen LogP contribution in [0.25, 0.3) is 0 Å². The van der Waals surface area contributed by atoms with Gasteiger partial charge >= 0.3 is 0 Å². The Morgan fingerprint density at radius 3 is 2.23 bits per heavy atom. The van der Waals surface area contributed by atoms with Gasteiger partial charge in [0.25, 0.3) is 0 Å². The molecule has 0 saturated heterocycles. The lowest BCUT2D eigenvalue weighted by Gasteiger charge is -2.12. The van der Waals surface area contributed by atoms with Gasteiger partial charge in [-0.15, -0.1) is 0 Å². The highest BCUT2D eigenvalue weighted by Crippen LogP contribution is 2.32. The Hall–Kier alpha value is -2.22. The third-order valence-corrected chi connectivity index (χ3v) is 4.04. The molecule has 2 heterocycles. The molecule has 2 nitrogen and oxygen atoms in total. The van der Waals surface area contributed by atoms with Crippen LogP contribution in [0.3, 0.4) is 0 Å². The minimum Gasteiger partial charge on any atom is -0.466 e. The van der Waals surface area contributed by atoms with Crippen molar-refractivity contribution in [2.45, 2.75) is 39.0 Å². The molecule has 114 valence electrons. The Morgan fingerprint density at radius 1 is 0.864 bits per heavy atom. The Morgan fingerprint density at radius 2 is 1.59 bits per heavy atom. The van der Waals surface area contributed by atoms with Gasteiger partial charge in [-0.2, -0.15) is 0 Å². The van der Waals surface area contributed by atoms with Crippen molar-refractivity contribution < 1.29 is 8.83 Å². The van der Waals surface area contributed by atoms with Crippen LogP contribution in [-0.2, 0) is 12.8 Å². The topological polar surface area (TPSA) is 26.3 Å². The maximum atomic E-state index is 5.99. The fraction of sp³-hybridized carbons (Fsp3) is 0.300. The van der Waals surface area contributed by atoms with E-state index in [2.05, 4.69) is 55.5 Å². The zero-order valence-electron chi connectivity index (χ0n) is 13.2. The largest absolute Gasteiger partial charge is 0.466 e. The highest BCUT2D eigenvalue weighted by Gasteiger charge is 2.21. The maximum Gasteiger partial charge on any atom is 0.114 e. The summed E-state index contributed by atoms with van der Waals surface area (Å²) >= 11 is 0. The predicted octanol–water partition coefficient (Wildman–Crippen LogP) is 5.51. The van der Waals surface area contributed by atoms with E-state index in [1.165, 1.54) is 5.56 Å². The minimum absolute atomic E-state index is 0.175. The second kappa shape index (κ2) is 6.69. The monoisotopic (exact) mass is 294 g/mol. The van der Waals surface area contributed by atoms with E-state index in [9.17, 15) is 0 Å². The summed E-state index contributed by atoms with van der Waals surface area (Å²) in [6.07, 6.45) is 2.91. The van der Waals surface area contributed by atoms with E-state index >= 15 is 0 Å². The molecule has 0 aliphatic carbocycles. The van der Waals surface area contributed by atoms with Crippen LogP contribution in [0, 0.1) is 6.92 Å². The number of aryl methyl sites for hydroxylation is 3. The smallest absolute Gasteiger partial charge is 0.114 e. The van der Waals surface area contributed by atoms with Gasteiger partial charge in [-0.3, -0.25) is 0 Å². The lowest BCUT2D eigenvalue weighted by molar-refractivity contribution is 0.393. The van der Waals surface area contributed by atoms with Crippen LogP contribution < -0.4 is 0 Å². The van der Waals surface area contributed by atoms with E-state index < -0.39 is 0 Å². The van der Waals surface area contributed by atoms with Gasteiger partial charge < -0.3 is 8.83 Å². The van der Waals surface area contributed by atoms with E-state index in [-0.39, 0.29) is 5.92 Å². The summed E-state index contributed by atoms with van der Waals surface area (Å²) in [4.78, 5) is 0. The van der Waals surface area contributed by atoms with Gasteiger partial charge in [-0.05, 0) is 49.6 Å². The zero-order chi connectivity index (χ0) is 15.4. The van der Waals surface area contributed by atoms with Crippen molar-refractivity contribution >= 4 is 0 Å². The first-order valence-corrected chi connectivity index (χ1v) is 7.95. The molecule has 0 fully saturated rings. The summed E-state index contributed by atoms with van der Waals surface area (Å²) in [5, 5.41) is 0. The average Bonchev–Trinajstić information content (AvgIpc) is 3.18. The first-order valence-electron chi connectivity index (χ1n) is 7.95. The molecule has 2 aromatic heterocycles. The van der Waals surface area contributed by atoms with Gasteiger partial charge in [-0.25, -0.2) is 0 Å². The molecule has 0 radical (unpaired) electrons. The molecule has 0 spiro atoms. The van der Waals surface area contributed by atoms with Gasteiger partial charge in [-0.1, -0.05) is 37.3 Å². The number of benzene rings is 1. The summed E-state index contributed by atoms with van der Waals surface area (Å²) < 4.78 is 11.9. The molecule has 22 heavy (non-hydrogen) atoms. The van der Waals surface area contributed by atoms with Crippen LogP contribution >= 0.6 is 0 Å². The quantitative estimate of drug-likeness (QED) is 0.599. The van der Waals surface area contributed by atoms with Crippen LogP contribution in [0.5, 0.6) is 0 Å². The molecule has 1 atom stereocenters. The Kier molecular flexibility index (Phi) is 4.47. The zero-order valence-corrected chi connectivity index (χ0v) is 13.2. The van der Waals surface area contributed by atoms with E-state index in [0.717, 1.165) is 42.3 Å². The van der Waals surface area contributed by atoms with Crippen LogP contribution in [0.15, 0.2) is 63.4 Å². The Bertz CT molecular complexity index is 706. The first-order chi connectivity index (χ1) is 10.8. The van der Waals surface area contributed by atoms with Crippen LogP contribution in [-0.4, -0.2) is 0 Å². The molecule has 3 aromatic rings. The molecule has 0 saturated carbocycles. The van der Waals surface area contributed by atoms with E-state index in [1.54, 1.807) is 0 Å². The second-order valence-corrected chi connectivity index (χ2v) is 5.68. The van der Waals surface area contributed by atoms with Crippen molar-refractivity contribution in [2.24, 2.45) is 0 Å². The summed E-state index contributed by atoms with van der Waals surface area (Å²) in [5.74, 6) is 4.15. The van der Waals surface area contributed by atoms with Crippen molar-refractivity contribution in [3.63, 3.8) is 0 Å². The molecule has 0 N–H and O–H groups in total. The predicted molar refractivity (Wildman–Crippen MR) is 88.1 cm³/mol. The molecule has 0 bridgehead atoms. The lowest BCUT2D eigenvalue weighted by Crippen LogP contribution is -2.01. The highest BCUT2D eigenvalue weighted by atomic mass is 16.4. The third kappa shape index (κ3) is 3.33. The minimum atomic E-state index is 0.175. The van der Waals surface area contributed by atoms with Gasteiger partial charge in [0, 0.05) is 6.42 Å². The molecule has 0 aliphatic heterocycles. The molecular weight excluding hydrogens is 272 g/mol. The Balaban J connectivity index is 1.82. The molecule has 1 aromatic carbocycles. The summed E-state index contributed by atoms with van der Waals surface area (Å²) in [6, 6.07) is 18.8. The summed E-state index contributed by atoms with van der Waals surface area (Å²) in [7, 11) is 0. The number of rotatable bonds is 6. The van der Waals surface area contributed by atoms with Crippen molar-refractivity contribution in [1.82, 2.24) is 0 Å².